The number of carbonyl (C=O) groups excluding carboxylic acids is 1. The van der Waals surface area contributed by atoms with E-state index in [1.807, 2.05) is 31.3 Å². The van der Waals surface area contributed by atoms with E-state index in [9.17, 15) is 9.18 Å². The van der Waals surface area contributed by atoms with Gasteiger partial charge in [-0.3, -0.25) is 14.4 Å². The van der Waals surface area contributed by atoms with Gasteiger partial charge in [-0.1, -0.05) is 0 Å². The standard InChI is InChI=1S/C23H26FN5O2/c1-27-21(9-10-25-27)20-15-18(5-8-22(20)31-2)26-23(30)16-28-11-13-29(14-12-28)19-6-3-17(24)4-7-19/h3-10,15H,11-14,16H2,1-2H3,(H,26,30). The molecule has 1 amide bonds. The van der Waals surface area contributed by atoms with Gasteiger partial charge in [0.25, 0.3) is 0 Å². The molecular formula is C23H26FN5O2. The summed E-state index contributed by atoms with van der Waals surface area (Å²) in [7, 11) is 3.49. The molecule has 0 aliphatic carbocycles. The molecule has 3 aromatic rings. The van der Waals surface area contributed by atoms with Gasteiger partial charge in [-0.25, -0.2) is 4.39 Å². The molecule has 0 bridgehead atoms. The minimum Gasteiger partial charge on any atom is -0.496 e. The Morgan fingerprint density at radius 3 is 2.48 bits per heavy atom. The molecule has 1 fully saturated rings. The van der Waals surface area contributed by atoms with Crippen molar-refractivity contribution >= 4 is 17.3 Å². The van der Waals surface area contributed by atoms with Crippen molar-refractivity contribution in [3.63, 3.8) is 0 Å². The first-order valence-corrected chi connectivity index (χ1v) is 10.2. The zero-order valence-corrected chi connectivity index (χ0v) is 17.7. The normalized spacial score (nSPS) is 14.5. The second-order valence-electron chi connectivity index (χ2n) is 7.54. The maximum atomic E-state index is 13.1. The van der Waals surface area contributed by atoms with Gasteiger partial charge in [0.2, 0.25) is 5.91 Å². The Hall–Kier alpha value is -3.39. The molecule has 31 heavy (non-hydrogen) atoms. The predicted molar refractivity (Wildman–Crippen MR) is 119 cm³/mol. The zero-order valence-electron chi connectivity index (χ0n) is 17.7. The van der Waals surface area contributed by atoms with Crippen LogP contribution in [0.25, 0.3) is 11.3 Å². The lowest BCUT2D eigenvalue weighted by molar-refractivity contribution is -0.117. The van der Waals surface area contributed by atoms with Gasteiger partial charge in [0.05, 0.1) is 19.3 Å². The number of anilines is 2. The molecule has 0 unspecified atom stereocenters. The Morgan fingerprint density at radius 1 is 1.10 bits per heavy atom. The van der Waals surface area contributed by atoms with E-state index in [1.54, 1.807) is 30.1 Å². The number of methoxy groups -OCH3 is 1. The molecule has 0 spiro atoms. The lowest BCUT2D eigenvalue weighted by Crippen LogP contribution is -2.48. The minimum absolute atomic E-state index is 0.0589. The van der Waals surface area contributed by atoms with Crippen LogP contribution in [0.3, 0.4) is 0 Å². The largest absolute Gasteiger partial charge is 0.496 e. The number of nitrogens with one attached hydrogen (secondary N) is 1. The Balaban J connectivity index is 1.35. The number of aromatic nitrogens is 2. The SMILES string of the molecule is COc1ccc(NC(=O)CN2CCN(c3ccc(F)cc3)CC2)cc1-c1ccnn1C. The van der Waals surface area contributed by atoms with Crippen molar-refractivity contribution in [1.29, 1.82) is 0 Å². The van der Waals surface area contributed by atoms with E-state index in [0.29, 0.717) is 12.2 Å². The van der Waals surface area contributed by atoms with Crippen molar-refractivity contribution in [3.8, 4) is 17.0 Å². The number of hydrogen-bond acceptors (Lipinski definition) is 5. The highest BCUT2D eigenvalue weighted by atomic mass is 19.1. The number of amides is 1. The van der Waals surface area contributed by atoms with E-state index in [1.165, 1.54) is 12.1 Å². The highest BCUT2D eigenvalue weighted by Crippen LogP contribution is 2.32. The number of ether oxygens (including phenoxy) is 1. The third-order valence-electron chi connectivity index (χ3n) is 5.51. The van der Waals surface area contributed by atoms with Crippen LogP contribution in [-0.4, -0.2) is 60.4 Å². The molecular weight excluding hydrogens is 397 g/mol. The fourth-order valence-corrected chi connectivity index (χ4v) is 3.84. The summed E-state index contributed by atoms with van der Waals surface area (Å²) in [4.78, 5) is 17.0. The van der Waals surface area contributed by atoms with Crippen molar-refractivity contribution in [2.75, 3.05) is 50.1 Å². The van der Waals surface area contributed by atoms with Crippen LogP contribution in [0.1, 0.15) is 0 Å². The van der Waals surface area contributed by atoms with Crippen LogP contribution in [0, 0.1) is 5.82 Å². The number of aryl methyl sites for hydroxylation is 1. The van der Waals surface area contributed by atoms with Crippen LogP contribution in [0.15, 0.2) is 54.7 Å². The molecule has 4 rings (SSSR count). The topological polar surface area (TPSA) is 62.6 Å². The predicted octanol–water partition coefficient (Wildman–Crippen LogP) is 3.00. The van der Waals surface area contributed by atoms with E-state index in [-0.39, 0.29) is 11.7 Å². The van der Waals surface area contributed by atoms with Gasteiger partial charge < -0.3 is 15.0 Å². The van der Waals surface area contributed by atoms with Gasteiger partial charge >= 0.3 is 0 Å². The molecule has 1 N–H and O–H groups in total. The first-order valence-electron chi connectivity index (χ1n) is 10.2. The number of benzene rings is 2. The monoisotopic (exact) mass is 423 g/mol. The summed E-state index contributed by atoms with van der Waals surface area (Å²) in [6.07, 6.45) is 1.73. The fraction of sp³-hybridized carbons (Fsp3) is 0.304. The zero-order chi connectivity index (χ0) is 21.8. The maximum Gasteiger partial charge on any atom is 0.238 e. The number of piperazine rings is 1. The molecule has 7 nitrogen and oxygen atoms in total. The molecule has 2 aromatic carbocycles. The van der Waals surface area contributed by atoms with Gasteiger partial charge in [0, 0.05) is 56.4 Å². The molecule has 1 saturated heterocycles. The maximum absolute atomic E-state index is 13.1. The molecule has 8 heteroatoms. The molecule has 162 valence electrons. The van der Waals surface area contributed by atoms with Crippen LogP contribution in [0.5, 0.6) is 5.75 Å². The van der Waals surface area contributed by atoms with E-state index in [4.69, 9.17) is 4.74 Å². The summed E-state index contributed by atoms with van der Waals surface area (Å²) >= 11 is 0. The number of rotatable bonds is 6. The summed E-state index contributed by atoms with van der Waals surface area (Å²) in [5.41, 5.74) is 3.50. The van der Waals surface area contributed by atoms with E-state index < -0.39 is 0 Å². The van der Waals surface area contributed by atoms with E-state index in [0.717, 1.165) is 48.9 Å². The van der Waals surface area contributed by atoms with Crippen LogP contribution in [-0.2, 0) is 11.8 Å². The van der Waals surface area contributed by atoms with Gasteiger partial charge in [-0.05, 0) is 48.5 Å². The quantitative estimate of drug-likeness (QED) is 0.661. The molecule has 1 aliphatic rings. The van der Waals surface area contributed by atoms with Crippen molar-refractivity contribution in [2.24, 2.45) is 7.05 Å². The average Bonchev–Trinajstić information content (AvgIpc) is 3.20. The number of carbonyl (C=O) groups is 1. The van der Waals surface area contributed by atoms with Gasteiger partial charge in [-0.15, -0.1) is 0 Å². The molecule has 0 radical (unpaired) electrons. The van der Waals surface area contributed by atoms with Gasteiger partial charge in [-0.2, -0.15) is 5.10 Å². The highest BCUT2D eigenvalue weighted by Gasteiger charge is 2.20. The van der Waals surface area contributed by atoms with E-state index >= 15 is 0 Å². The third kappa shape index (κ3) is 4.86. The second-order valence-corrected chi connectivity index (χ2v) is 7.54. The second kappa shape index (κ2) is 9.18. The van der Waals surface area contributed by atoms with Crippen molar-refractivity contribution < 1.29 is 13.9 Å². The van der Waals surface area contributed by atoms with Crippen LogP contribution >= 0.6 is 0 Å². The lowest BCUT2D eigenvalue weighted by atomic mass is 10.1. The van der Waals surface area contributed by atoms with Crippen molar-refractivity contribution in [3.05, 3.63) is 60.5 Å². The average molecular weight is 423 g/mol. The number of halogens is 1. The Bertz CT molecular complexity index is 1040. The Kier molecular flexibility index (Phi) is 6.18. The molecule has 1 aromatic heterocycles. The molecule has 0 atom stereocenters. The third-order valence-corrected chi connectivity index (χ3v) is 5.51. The summed E-state index contributed by atoms with van der Waals surface area (Å²) in [5.74, 6) is 0.430. The summed E-state index contributed by atoms with van der Waals surface area (Å²) < 4.78 is 20.4. The molecule has 1 aliphatic heterocycles. The Morgan fingerprint density at radius 2 is 1.84 bits per heavy atom. The van der Waals surface area contributed by atoms with Crippen LogP contribution in [0.4, 0.5) is 15.8 Å². The highest BCUT2D eigenvalue weighted by molar-refractivity contribution is 5.93. The molecule has 0 saturated carbocycles. The minimum atomic E-state index is -0.232. The lowest BCUT2D eigenvalue weighted by Gasteiger charge is -2.35. The van der Waals surface area contributed by atoms with Crippen LogP contribution < -0.4 is 15.0 Å². The summed E-state index contributed by atoms with van der Waals surface area (Å²) in [5, 5.41) is 7.20. The summed E-state index contributed by atoms with van der Waals surface area (Å²) in [6, 6.07) is 14.0. The smallest absolute Gasteiger partial charge is 0.238 e. The van der Waals surface area contributed by atoms with E-state index in [2.05, 4.69) is 20.2 Å². The number of nitrogens with zero attached hydrogens (tertiary/aromatic N) is 4. The first-order chi connectivity index (χ1) is 15.0. The first kappa shape index (κ1) is 20.9. The van der Waals surface area contributed by atoms with Crippen LogP contribution in [0.2, 0.25) is 0 Å². The molecule has 2 heterocycles. The summed E-state index contributed by atoms with van der Waals surface area (Å²) in [6.45, 7) is 3.46. The van der Waals surface area contributed by atoms with Gasteiger partial charge in [0.15, 0.2) is 0 Å². The Labute approximate surface area is 181 Å². The van der Waals surface area contributed by atoms with Crippen molar-refractivity contribution in [2.45, 2.75) is 0 Å². The van der Waals surface area contributed by atoms with Crippen molar-refractivity contribution in [1.82, 2.24) is 14.7 Å². The fourth-order valence-electron chi connectivity index (χ4n) is 3.84. The number of hydrogen-bond donors (Lipinski definition) is 1. The van der Waals surface area contributed by atoms with Gasteiger partial charge in [0.1, 0.15) is 11.6 Å².